The van der Waals surface area contributed by atoms with Crippen LogP contribution in [0.5, 0.6) is 0 Å². The monoisotopic (exact) mass is 300 g/mol. The Morgan fingerprint density at radius 1 is 1.24 bits per heavy atom. The van der Waals surface area contributed by atoms with Crippen LogP contribution in [0.3, 0.4) is 0 Å². The van der Waals surface area contributed by atoms with Gasteiger partial charge in [0, 0.05) is 24.2 Å². The molecule has 1 amide bonds. The molecule has 0 spiro atoms. The minimum Gasteiger partial charge on any atom is -0.365 e. The Hall–Kier alpha value is -2.07. The number of carbonyl (C=O) groups is 1. The Labute approximate surface area is 130 Å². The summed E-state index contributed by atoms with van der Waals surface area (Å²) in [4.78, 5) is 17.5. The minimum absolute atomic E-state index is 0.106. The van der Waals surface area contributed by atoms with Crippen molar-refractivity contribution in [1.29, 1.82) is 0 Å². The summed E-state index contributed by atoms with van der Waals surface area (Å²) in [6.07, 6.45) is 1.77. The van der Waals surface area contributed by atoms with Crippen LogP contribution in [0.25, 0.3) is 0 Å². The molecule has 0 unspecified atom stereocenters. The van der Waals surface area contributed by atoms with Crippen LogP contribution >= 0.6 is 11.3 Å². The zero-order chi connectivity index (χ0) is 15.1. The van der Waals surface area contributed by atoms with E-state index in [1.54, 1.807) is 17.4 Å². The highest BCUT2D eigenvalue weighted by Gasteiger charge is 2.15. The lowest BCUT2D eigenvalue weighted by Crippen LogP contribution is -2.38. The van der Waals surface area contributed by atoms with Gasteiger partial charge in [-0.1, -0.05) is 30.3 Å². The van der Waals surface area contributed by atoms with Crippen molar-refractivity contribution in [3.05, 3.63) is 65.4 Å². The van der Waals surface area contributed by atoms with Crippen molar-refractivity contribution in [1.82, 2.24) is 4.90 Å². The zero-order valence-corrected chi connectivity index (χ0v) is 13.1. The number of nitrogens with zero attached hydrogens (tertiary/aromatic N) is 2. The summed E-state index contributed by atoms with van der Waals surface area (Å²) in [5.74, 6) is 0.106. The molecule has 1 heterocycles. The van der Waals surface area contributed by atoms with Crippen LogP contribution in [0.15, 0.2) is 60.5 Å². The molecule has 0 bridgehead atoms. The predicted octanol–water partition coefficient (Wildman–Crippen LogP) is 3.40. The van der Waals surface area contributed by atoms with Gasteiger partial charge in [-0.2, -0.15) is 0 Å². The molecule has 3 nitrogen and oxygen atoms in total. The second-order valence-corrected chi connectivity index (χ2v) is 5.87. The van der Waals surface area contributed by atoms with E-state index in [-0.39, 0.29) is 5.91 Å². The predicted molar refractivity (Wildman–Crippen MR) is 89.6 cm³/mol. The summed E-state index contributed by atoms with van der Waals surface area (Å²) < 4.78 is 0. The van der Waals surface area contributed by atoms with Gasteiger partial charge in [0.15, 0.2) is 0 Å². The number of anilines is 1. The smallest absolute Gasteiger partial charge is 0.242 e. The SMILES string of the molecule is C=CCN(Cc1cccs1)C(=O)CN(C)c1ccccc1. The fourth-order valence-corrected chi connectivity index (χ4v) is 2.80. The highest BCUT2D eigenvalue weighted by Crippen LogP contribution is 2.14. The lowest BCUT2D eigenvalue weighted by molar-refractivity contribution is -0.129. The zero-order valence-electron chi connectivity index (χ0n) is 12.2. The molecule has 4 heteroatoms. The number of thiophene rings is 1. The maximum Gasteiger partial charge on any atom is 0.242 e. The number of benzene rings is 1. The van der Waals surface area contributed by atoms with Crippen LogP contribution in [0.4, 0.5) is 5.69 Å². The molecule has 1 aromatic heterocycles. The lowest BCUT2D eigenvalue weighted by atomic mass is 10.3. The number of hydrogen-bond acceptors (Lipinski definition) is 3. The molecule has 2 rings (SSSR count). The van der Waals surface area contributed by atoms with E-state index in [1.165, 1.54) is 4.88 Å². The molecular weight excluding hydrogens is 280 g/mol. The van der Waals surface area contributed by atoms with E-state index in [0.29, 0.717) is 19.6 Å². The van der Waals surface area contributed by atoms with Crippen molar-refractivity contribution in [2.75, 3.05) is 25.0 Å². The lowest BCUT2D eigenvalue weighted by Gasteiger charge is -2.25. The van der Waals surface area contributed by atoms with Gasteiger partial charge in [-0.25, -0.2) is 0 Å². The first-order chi connectivity index (χ1) is 10.2. The first-order valence-corrected chi connectivity index (χ1v) is 7.76. The summed E-state index contributed by atoms with van der Waals surface area (Å²) in [7, 11) is 1.93. The Morgan fingerprint density at radius 3 is 2.62 bits per heavy atom. The molecule has 0 saturated carbocycles. The topological polar surface area (TPSA) is 23.6 Å². The van der Waals surface area contributed by atoms with E-state index in [1.807, 2.05) is 58.6 Å². The van der Waals surface area contributed by atoms with Gasteiger partial charge in [0.2, 0.25) is 5.91 Å². The summed E-state index contributed by atoms with van der Waals surface area (Å²) in [6.45, 7) is 5.32. The number of hydrogen-bond donors (Lipinski definition) is 0. The summed E-state index contributed by atoms with van der Waals surface area (Å²) >= 11 is 1.67. The third-order valence-electron chi connectivity index (χ3n) is 3.20. The molecule has 2 aromatic rings. The molecular formula is C17H20N2OS. The van der Waals surface area contributed by atoms with Crippen LogP contribution in [0, 0.1) is 0 Å². The fraction of sp³-hybridized carbons (Fsp3) is 0.235. The third-order valence-corrected chi connectivity index (χ3v) is 4.06. The van der Waals surface area contributed by atoms with E-state index in [2.05, 4.69) is 12.6 Å². The molecule has 0 fully saturated rings. The van der Waals surface area contributed by atoms with E-state index < -0.39 is 0 Å². The first kappa shape index (κ1) is 15.3. The molecule has 0 N–H and O–H groups in total. The normalized spacial score (nSPS) is 10.1. The van der Waals surface area contributed by atoms with Gasteiger partial charge in [0.25, 0.3) is 0 Å². The molecule has 0 aliphatic rings. The quantitative estimate of drug-likeness (QED) is 0.732. The van der Waals surface area contributed by atoms with Gasteiger partial charge in [0.05, 0.1) is 13.1 Å². The molecule has 0 aliphatic carbocycles. The van der Waals surface area contributed by atoms with Crippen molar-refractivity contribution in [2.24, 2.45) is 0 Å². The van der Waals surface area contributed by atoms with Crippen molar-refractivity contribution in [3.8, 4) is 0 Å². The Balaban J connectivity index is 1.99. The van der Waals surface area contributed by atoms with E-state index in [4.69, 9.17) is 0 Å². The van der Waals surface area contributed by atoms with E-state index >= 15 is 0 Å². The van der Waals surface area contributed by atoms with Crippen molar-refractivity contribution in [2.45, 2.75) is 6.54 Å². The largest absolute Gasteiger partial charge is 0.365 e. The van der Waals surface area contributed by atoms with Gasteiger partial charge < -0.3 is 9.80 Å². The minimum atomic E-state index is 0.106. The maximum absolute atomic E-state index is 12.5. The van der Waals surface area contributed by atoms with Gasteiger partial charge >= 0.3 is 0 Å². The molecule has 0 radical (unpaired) electrons. The number of amides is 1. The van der Waals surface area contributed by atoms with Gasteiger partial charge in [-0.05, 0) is 23.6 Å². The van der Waals surface area contributed by atoms with Crippen LogP contribution in [-0.2, 0) is 11.3 Å². The van der Waals surface area contributed by atoms with Crippen molar-refractivity contribution in [3.63, 3.8) is 0 Å². The van der Waals surface area contributed by atoms with Crippen LogP contribution < -0.4 is 4.90 Å². The van der Waals surface area contributed by atoms with Crippen LogP contribution in [-0.4, -0.2) is 30.9 Å². The summed E-state index contributed by atoms with van der Waals surface area (Å²) in [5, 5.41) is 2.03. The highest BCUT2D eigenvalue weighted by atomic mass is 32.1. The molecule has 110 valence electrons. The van der Waals surface area contributed by atoms with Crippen LogP contribution in [0.1, 0.15) is 4.88 Å². The van der Waals surface area contributed by atoms with Crippen molar-refractivity contribution < 1.29 is 4.79 Å². The molecule has 0 saturated heterocycles. The van der Waals surface area contributed by atoms with E-state index in [9.17, 15) is 4.79 Å². The standard InChI is InChI=1S/C17H20N2OS/c1-3-11-19(13-16-10-7-12-21-16)17(20)14-18(2)15-8-5-4-6-9-15/h3-10,12H,1,11,13-14H2,2H3. The second-order valence-electron chi connectivity index (χ2n) is 4.83. The fourth-order valence-electron chi connectivity index (χ4n) is 2.08. The summed E-state index contributed by atoms with van der Waals surface area (Å²) in [6, 6.07) is 14.0. The Bertz CT molecular complexity index is 566. The van der Waals surface area contributed by atoms with E-state index in [0.717, 1.165) is 5.69 Å². The number of likely N-dealkylation sites (N-methyl/N-ethyl adjacent to an activating group) is 1. The average Bonchev–Trinajstić information content (AvgIpc) is 3.00. The number of para-hydroxylation sites is 1. The average molecular weight is 300 g/mol. The Kier molecular flexibility index (Phi) is 5.58. The third kappa shape index (κ3) is 4.46. The van der Waals surface area contributed by atoms with Crippen LogP contribution in [0.2, 0.25) is 0 Å². The second kappa shape index (κ2) is 7.64. The highest BCUT2D eigenvalue weighted by molar-refractivity contribution is 7.09. The molecule has 1 aromatic carbocycles. The summed E-state index contributed by atoms with van der Waals surface area (Å²) in [5.41, 5.74) is 1.04. The first-order valence-electron chi connectivity index (χ1n) is 6.88. The molecule has 21 heavy (non-hydrogen) atoms. The van der Waals surface area contributed by atoms with Gasteiger partial charge in [-0.3, -0.25) is 4.79 Å². The van der Waals surface area contributed by atoms with Gasteiger partial charge in [-0.15, -0.1) is 17.9 Å². The Morgan fingerprint density at radius 2 is 2.00 bits per heavy atom. The number of carbonyl (C=O) groups excluding carboxylic acids is 1. The van der Waals surface area contributed by atoms with Crippen molar-refractivity contribution >= 4 is 22.9 Å². The molecule has 0 aliphatic heterocycles. The van der Waals surface area contributed by atoms with Gasteiger partial charge in [0.1, 0.15) is 0 Å². The maximum atomic E-state index is 12.5. The molecule has 0 atom stereocenters. The number of rotatable bonds is 7.